The molecule has 0 unspecified atom stereocenters. The van der Waals surface area contributed by atoms with Crippen molar-refractivity contribution in [1.82, 2.24) is 29.9 Å². The molecule has 4 heterocycles. The van der Waals surface area contributed by atoms with E-state index >= 15 is 0 Å². The largest absolute Gasteiger partial charge is 0.351 e. The summed E-state index contributed by atoms with van der Waals surface area (Å²) in [6.45, 7) is 9.13. The van der Waals surface area contributed by atoms with Crippen LogP contribution in [0.5, 0.6) is 0 Å². The number of nitrogens with zero attached hydrogens (tertiary/aromatic N) is 6. The van der Waals surface area contributed by atoms with Crippen LogP contribution in [0.4, 0.5) is 5.13 Å². The van der Waals surface area contributed by atoms with E-state index in [-0.39, 0.29) is 5.91 Å². The van der Waals surface area contributed by atoms with Gasteiger partial charge in [0.15, 0.2) is 0 Å². The van der Waals surface area contributed by atoms with E-state index in [0.29, 0.717) is 12.2 Å². The Balaban J connectivity index is 1.04. The first-order chi connectivity index (χ1) is 16.8. The van der Waals surface area contributed by atoms with Crippen LogP contribution in [-0.2, 0) is 6.54 Å². The van der Waals surface area contributed by atoms with Gasteiger partial charge in [-0.1, -0.05) is 41.7 Å². The minimum atomic E-state index is -0.0596. The summed E-state index contributed by atoms with van der Waals surface area (Å²) in [5.41, 5.74) is 1.99. The average Bonchev–Trinajstić information content (AvgIpc) is 3.64. The summed E-state index contributed by atoms with van der Waals surface area (Å²) < 4.78 is 1.85. The van der Waals surface area contributed by atoms with E-state index in [2.05, 4.69) is 60.5 Å². The number of carbonyl (C=O) groups excluding carboxylic acids is 1. The lowest BCUT2D eigenvalue weighted by molar-refractivity contribution is 0.0940. The maximum Gasteiger partial charge on any atom is 0.268 e. The van der Waals surface area contributed by atoms with E-state index in [4.69, 9.17) is 0 Å². The second-order valence-corrected chi connectivity index (χ2v) is 9.97. The van der Waals surface area contributed by atoms with Crippen LogP contribution in [0.1, 0.15) is 35.3 Å². The second-order valence-electron chi connectivity index (χ2n) is 9.04. The number of benzene rings is 1. The van der Waals surface area contributed by atoms with Crippen molar-refractivity contribution in [3.05, 3.63) is 59.9 Å². The minimum absolute atomic E-state index is 0.0596. The van der Waals surface area contributed by atoms with Crippen molar-refractivity contribution in [1.29, 1.82) is 0 Å². The van der Waals surface area contributed by atoms with Crippen LogP contribution in [0.25, 0.3) is 5.13 Å². The van der Waals surface area contributed by atoms with Crippen molar-refractivity contribution in [3.8, 4) is 5.13 Å². The standard InChI is InChI=1S/C25H33N7OS/c33-23(22-10-6-15-32(22)25-28-27-24(34-25)31-13-4-5-14-31)26-11-7-12-29-16-18-30(19-17-29)20-21-8-2-1-3-9-21/h1-3,6,8-10,15H,4-5,7,11-14,16-20H2,(H,26,33). The van der Waals surface area contributed by atoms with E-state index in [0.717, 1.165) is 69.0 Å². The topological polar surface area (TPSA) is 69.5 Å². The molecule has 3 aromatic rings. The van der Waals surface area contributed by atoms with Gasteiger partial charge < -0.3 is 15.1 Å². The summed E-state index contributed by atoms with van der Waals surface area (Å²) in [5, 5.41) is 13.4. The Morgan fingerprint density at radius 1 is 0.882 bits per heavy atom. The number of hydrogen-bond donors (Lipinski definition) is 1. The number of piperazine rings is 1. The first-order valence-corrected chi connectivity index (χ1v) is 13.1. The van der Waals surface area contributed by atoms with Gasteiger partial charge in [-0.3, -0.25) is 14.3 Å². The molecule has 2 aromatic heterocycles. The van der Waals surface area contributed by atoms with Gasteiger partial charge in [-0.15, -0.1) is 10.2 Å². The maximum absolute atomic E-state index is 12.8. The zero-order chi connectivity index (χ0) is 23.2. The van der Waals surface area contributed by atoms with Gasteiger partial charge in [0, 0.05) is 58.6 Å². The average molecular weight is 480 g/mol. The molecule has 2 saturated heterocycles. The molecular formula is C25H33N7OS. The number of carbonyl (C=O) groups is 1. The summed E-state index contributed by atoms with van der Waals surface area (Å²) in [6.07, 6.45) is 5.24. The van der Waals surface area contributed by atoms with Gasteiger partial charge in [0.2, 0.25) is 10.3 Å². The van der Waals surface area contributed by atoms with E-state index in [1.807, 2.05) is 22.9 Å². The van der Waals surface area contributed by atoms with Gasteiger partial charge in [0.1, 0.15) is 5.69 Å². The van der Waals surface area contributed by atoms with Crippen molar-refractivity contribution < 1.29 is 4.79 Å². The lowest BCUT2D eigenvalue weighted by Gasteiger charge is -2.34. The highest BCUT2D eigenvalue weighted by Crippen LogP contribution is 2.27. The highest BCUT2D eigenvalue weighted by Gasteiger charge is 2.20. The van der Waals surface area contributed by atoms with Crippen molar-refractivity contribution in [2.45, 2.75) is 25.8 Å². The molecule has 2 aliphatic heterocycles. The van der Waals surface area contributed by atoms with Crippen LogP contribution in [0, 0.1) is 0 Å². The fourth-order valence-corrected chi connectivity index (χ4v) is 5.58. The molecule has 2 aliphatic rings. The lowest BCUT2D eigenvalue weighted by Crippen LogP contribution is -2.46. The molecule has 1 aromatic carbocycles. The van der Waals surface area contributed by atoms with Crippen molar-refractivity contribution in [3.63, 3.8) is 0 Å². The number of nitrogens with one attached hydrogen (secondary N) is 1. The fraction of sp³-hybridized carbons (Fsp3) is 0.480. The van der Waals surface area contributed by atoms with Gasteiger partial charge >= 0.3 is 0 Å². The zero-order valence-electron chi connectivity index (χ0n) is 19.6. The smallest absolute Gasteiger partial charge is 0.268 e. The molecule has 9 heteroatoms. The molecule has 8 nitrogen and oxygen atoms in total. The summed E-state index contributed by atoms with van der Waals surface area (Å²) in [6, 6.07) is 14.4. The second kappa shape index (κ2) is 11.1. The number of hydrogen-bond acceptors (Lipinski definition) is 7. The number of amides is 1. The van der Waals surface area contributed by atoms with Gasteiger partial charge in [-0.25, -0.2) is 0 Å². The Morgan fingerprint density at radius 3 is 2.41 bits per heavy atom. The third kappa shape index (κ3) is 5.65. The van der Waals surface area contributed by atoms with Crippen LogP contribution >= 0.6 is 11.3 Å². The van der Waals surface area contributed by atoms with Crippen LogP contribution in [0.15, 0.2) is 48.7 Å². The van der Waals surface area contributed by atoms with Crippen LogP contribution in [0.3, 0.4) is 0 Å². The highest BCUT2D eigenvalue weighted by molar-refractivity contribution is 7.17. The molecule has 0 atom stereocenters. The Bertz CT molecular complexity index is 1050. The van der Waals surface area contributed by atoms with Gasteiger partial charge in [-0.05, 0) is 43.5 Å². The quantitative estimate of drug-likeness (QED) is 0.476. The Hall–Kier alpha value is -2.75. The predicted molar refractivity (Wildman–Crippen MR) is 136 cm³/mol. The molecule has 180 valence electrons. The van der Waals surface area contributed by atoms with Crippen molar-refractivity contribution >= 4 is 22.4 Å². The minimum Gasteiger partial charge on any atom is -0.351 e. The summed E-state index contributed by atoms with van der Waals surface area (Å²) in [4.78, 5) is 20.1. The summed E-state index contributed by atoms with van der Waals surface area (Å²) in [7, 11) is 0. The molecule has 0 spiro atoms. The van der Waals surface area contributed by atoms with Crippen LogP contribution in [0.2, 0.25) is 0 Å². The van der Waals surface area contributed by atoms with Gasteiger partial charge in [0.05, 0.1) is 0 Å². The summed E-state index contributed by atoms with van der Waals surface area (Å²) >= 11 is 1.54. The maximum atomic E-state index is 12.8. The normalized spacial score (nSPS) is 17.4. The highest BCUT2D eigenvalue weighted by atomic mass is 32.1. The third-order valence-corrected chi connectivity index (χ3v) is 7.60. The third-order valence-electron chi connectivity index (χ3n) is 6.62. The van der Waals surface area contributed by atoms with Crippen molar-refractivity contribution in [2.75, 3.05) is 57.3 Å². The van der Waals surface area contributed by atoms with Gasteiger partial charge in [0.25, 0.3) is 5.91 Å². The monoisotopic (exact) mass is 479 g/mol. The fourth-order valence-electron chi connectivity index (χ4n) is 4.68. The van der Waals surface area contributed by atoms with E-state index in [1.54, 1.807) is 11.3 Å². The molecule has 0 saturated carbocycles. The van der Waals surface area contributed by atoms with E-state index in [1.165, 1.54) is 18.4 Å². The first kappa shape index (κ1) is 23.0. The molecule has 0 bridgehead atoms. The Kier molecular flexibility index (Phi) is 7.52. The number of aromatic nitrogens is 3. The lowest BCUT2D eigenvalue weighted by atomic mass is 10.2. The number of rotatable bonds is 9. The van der Waals surface area contributed by atoms with E-state index < -0.39 is 0 Å². The molecular weight excluding hydrogens is 446 g/mol. The molecule has 0 aliphatic carbocycles. The molecule has 5 rings (SSSR count). The molecule has 34 heavy (non-hydrogen) atoms. The first-order valence-electron chi connectivity index (χ1n) is 12.3. The Labute approximate surface area is 205 Å². The molecule has 1 amide bonds. The van der Waals surface area contributed by atoms with Crippen molar-refractivity contribution in [2.24, 2.45) is 0 Å². The van der Waals surface area contributed by atoms with Crippen LogP contribution in [-0.4, -0.2) is 82.8 Å². The van der Waals surface area contributed by atoms with Crippen LogP contribution < -0.4 is 10.2 Å². The SMILES string of the molecule is O=C(NCCCN1CCN(Cc2ccccc2)CC1)c1cccn1-c1nnc(N2CCCC2)s1. The van der Waals surface area contributed by atoms with Gasteiger partial charge in [-0.2, -0.15) is 0 Å². The predicted octanol–water partition coefficient (Wildman–Crippen LogP) is 2.87. The molecule has 2 fully saturated rings. The summed E-state index contributed by atoms with van der Waals surface area (Å²) in [5.74, 6) is -0.0596. The molecule has 0 radical (unpaired) electrons. The number of anilines is 1. The van der Waals surface area contributed by atoms with E-state index in [9.17, 15) is 4.79 Å². The zero-order valence-corrected chi connectivity index (χ0v) is 20.4. The molecule has 1 N–H and O–H groups in total. The Morgan fingerprint density at radius 2 is 1.62 bits per heavy atom.